The zero-order valence-electron chi connectivity index (χ0n) is 10.2. The Hall–Kier alpha value is -1.68. The lowest BCUT2D eigenvalue weighted by Gasteiger charge is -2.22. The van der Waals surface area contributed by atoms with Gasteiger partial charge in [0.1, 0.15) is 11.6 Å². The van der Waals surface area contributed by atoms with Gasteiger partial charge in [-0.15, -0.1) is 0 Å². The van der Waals surface area contributed by atoms with Gasteiger partial charge in [-0.1, -0.05) is 20.8 Å². The number of benzene rings is 1. The molecule has 2 aromatic rings. The number of hydrazine groups is 1. The van der Waals surface area contributed by atoms with Gasteiger partial charge in [-0.3, -0.25) is 0 Å². The fourth-order valence-corrected chi connectivity index (χ4v) is 1.83. The highest BCUT2D eigenvalue weighted by Crippen LogP contribution is 2.30. The van der Waals surface area contributed by atoms with E-state index in [1.807, 2.05) is 6.07 Å². The van der Waals surface area contributed by atoms with Crippen LogP contribution in [0.25, 0.3) is 10.9 Å². The van der Waals surface area contributed by atoms with Gasteiger partial charge in [-0.25, -0.2) is 15.2 Å². The largest absolute Gasteiger partial charge is 0.308 e. The molecule has 90 valence electrons. The molecule has 17 heavy (non-hydrogen) atoms. The highest BCUT2D eigenvalue weighted by Gasteiger charge is 2.19. The van der Waals surface area contributed by atoms with Crippen LogP contribution in [0.3, 0.4) is 0 Å². The summed E-state index contributed by atoms with van der Waals surface area (Å²) in [4.78, 5) is 4.40. The molecule has 2 rings (SSSR count). The van der Waals surface area contributed by atoms with Crippen molar-refractivity contribution in [3.63, 3.8) is 0 Å². The van der Waals surface area contributed by atoms with Gasteiger partial charge in [0, 0.05) is 10.9 Å². The van der Waals surface area contributed by atoms with Crippen LogP contribution in [0, 0.1) is 5.82 Å². The molecule has 0 atom stereocenters. The first-order valence-electron chi connectivity index (χ1n) is 5.49. The van der Waals surface area contributed by atoms with Gasteiger partial charge in [0.15, 0.2) is 0 Å². The summed E-state index contributed by atoms with van der Waals surface area (Å²) in [5.74, 6) is 5.86. The maximum atomic E-state index is 13.2. The van der Waals surface area contributed by atoms with Crippen LogP contribution >= 0.6 is 0 Å². The van der Waals surface area contributed by atoms with Crippen LogP contribution in [0.4, 0.5) is 10.2 Å². The number of hydrogen-bond acceptors (Lipinski definition) is 3. The third kappa shape index (κ3) is 2.22. The molecule has 0 aliphatic rings. The lowest BCUT2D eigenvalue weighted by atomic mass is 9.86. The molecule has 1 aromatic heterocycles. The van der Waals surface area contributed by atoms with Crippen molar-refractivity contribution in [1.82, 2.24) is 4.98 Å². The van der Waals surface area contributed by atoms with Crippen molar-refractivity contribution in [2.75, 3.05) is 5.43 Å². The number of nitrogens with two attached hydrogens (primary N) is 1. The molecular formula is C13H16FN3. The summed E-state index contributed by atoms with van der Waals surface area (Å²) < 4.78 is 13.2. The van der Waals surface area contributed by atoms with Crippen molar-refractivity contribution in [1.29, 1.82) is 0 Å². The van der Waals surface area contributed by atoms with E-state index in [-0.39, 0.29) is 11.2 Å². The summed E-state index contributed by atoms with van der Waals surface area (Å²) in [6.45, 7) is 6.20. The van der Waals surface area contributed by atoms with Crippen molar-refractivity contribution < 1.29 is 4.39 Å². The number of nitrogens with zero attached hydrogens (tertiary/aromatic N) is 1. The maximum Gasteiger partial charge on any atom is 0.144 e. The van der Waals surface area contributed by atoms with Crippen molar-refractivity contribution in [2.24, 2.45) is 5.84 Å². The van der Waals surface area contributed by atoms with E-state index in [4.69, 9.17) is 5.84 Å². The summed E-state index contributed by atoms with van der Waals surface area (Å²) in [5, 5.41) is 0.786. The Labute approximate surface area is 99.8 Å². The monoisotopic (exact) mass is 233 g/mol. The minimum absolute atomic E-state index is 0.102. The first kappa shape index (κ1) is 11.8. The Morgan fingerprint density at radius 1 is 1.24 bits per heavy atom. The molecule has 0 unspecified atom stereocenters. The second kappa shape index (κ2) is 3.96. The second-order valence-corrected chi connectivity index (χ2v) is 5.12. The van der Waals surface area contributed by atoms with Crippen LogP contribution in [-0.4, -0.2) is 4.98 Å². The molecule has 1 heterocycles. The van der Waals surface area contributed by atoms with Crippen LogP contribution in [0.2, 0.25) is 0 Å². The average Bonchev–Trinajstić information content (AvgIpc) is 2.26. The molecule has 0 bridgehead atoms. The predicted octanol–water partition coefficient (Wildman–Crippen LogP) is 2.96. The van der Waals surface area contributed by atoms with Crippen LogP contribution in [0.15, 0.2) is 24.3 Å². The zero-order chi connectivity index (χ0) is 12.6. The fourth-order valence-electron chi connectivity index (χ4n) is 1.83. The molecule has 0 saturated carbocycles. The molecule has 0 aliphatic heterocycles. The molecule has 0 radical (unpaired) electrons. The standard InChI is InChI=1S/C13H16FN3/c1-13(2,3)10-7-8-6-9(14)4-5-11(8)16-12(10)17-15/h4-7H,15H2,1-3H3,(H,16,17). The van der Waals surface area contributed by atoms with Crippen molar-refractivity contribution >= 4 is 16.7 Å². The van der Waals surface area contributed by atoms with E-state index in [0.29, 0.717) is 5.82 Å². The van der Waals surface area contributed by atoms with E-state index in [2.05, 4.69) is 31.2 Å². The van der Waals surface area contributed by atoms with Crippen molar-refractivity contribution in [2.45, 2.75) is 26.2 Å². The molecular weight excluding hydrogens is 217 g/mol. The van der Waals surface area contributed by atoms with E-state index >= 15 is 0 Å². The normalized spacial score (nSPS) is 11.8. The van der Waals surface area contributed by atoms with Crippen molar-refractivity contribution in [3.05, 3.63) is 35.6 Å². The van der Waals surface area contributed by atoms with E-state index in [1.165, 1.54) is 12.1 Å². The molecule has 1 aromatic carbocycles. The number of pyridine rings is 1. The minimum atomic E-state index is -0.257. The number of rotatable bonds is 1. The quantitative estimate of drug-likeness (QED) is 0.588. The van der Waals surface area contributed by atoms with Crippen LogP contribution in [-0.2, 0) is 5.41 Å². The Balaban J connectivity index is 2.74. The number of aromatic nitrogens is 1. The molecule has 3 nitrogen and oxygen atoms in total. The summed E-state index contributed by atoms with van der Waals surface area (Å²) in [5.41, 5.74) is 4.20. The average molecular weight is 233 g/mol. The van der Waals surface area contributed by atoms with Gasteiger partial charge in [0.2, 0.25) is 0 Å². The minimum Gasteiger partial charge on any atom is -0.308 e. The molecule has 0 spiro atoms. The number of hydrogen-bond donors (Lipinski definition) is 2. The second-order valence-electron chi connectivity index (χ2n) is 5.12. The summed E-state index contributed by atoms with van der Waals surface area (Å²) in [6.07, 6.45) is 0. The summed E-state index contributed by atoms with van der Waals surface area (Å²) in [6, 6.07) is 6.46. The van der Waals surface area contributed by atoms with Gasteiger partial charge < -0.3 is 5.43 Å². The zero-order valence-corrected chi connectivity index (χ0v) is 10.2. The third-order valence-corrected chi connectivity index (χ3v) is 2.72. The van der Waals surface area contributed by atoms with E-state index in [0.717, 1.165) is 16.5 Å². The number of nitrogens with one attached hydrogen (secondary N) is 1. The molecule has 0 amide bonds. The Kier molecular flexibility index (Phi) is 2.75. The number of fused-ring (bicyclic) bond motifs is 1. The highest BCUT2D eigenvalue weighted by molar-refractivity contribution is 5.82. The number of nitrogen functional groups attached to an aromatic ring is 1. The van der Waals surface area contributed by atoms with Crippen LogP contribution in [0.1, 0.15) is 26.3 Å². The molecule has 0 saturated heterocycles. The van der Waals surface area contributed by atoms with Crippen LogP contribution < -0.4 is 11.3 Å². The van der Waals surface area contributed by atoms with Gasteiger partial charge in [0.25, 0.3) is 0 Å². The van der Waals surface area contributed by atoms with Gasteiger partial charge >= 0.3 is 0 Å². The van der Waals surface area contributed by atoms with Gasteiger partial charge in [-0.2, -0.15) is 0 Å². The molecule has 0 aliphatic carbocycles. The lowest BCUT2D eigenvalue weighted by Crippen LogP contribution is -2.19. The Morgan fingerprint density at radius 3 is 2.53 bits per heavy atom. The Bertz CT molecular complexity index is 558. The molecule has 4 heteroatoms. The summed E-state index contributed by atoms with van der Waals surface area (Å²) >= 11 is 0. The predicted molar refractivity (Wildman–Crippen MR) is 68.2 cm³/mol. The highest BCUT2D eigenvalue weighted by atomic mass is 19.1. The third-order valence-electron chi connectivity index (χ3n) is 2.72. The van der Waals surface area contributed by atoms with E-state index in [9.17, 15) is 4.39 Å². The number of halogens is 1. The SMILES string of the molecule is CC(C)(C)c1cc2cc(F)ccc2nc1NN. The lowest BCUT2D eigenvalue weighted by molar-refractivity contribution is 0.590. The smallest absolute Gasteiger partial charge is 0.144 e. The molecule has 3 N–H and O–H groups in total. The van der Waals surface area contributed by atoms with Gasteiger partial charge in [0.05, 0.1) is 5.52 Å². The van der Waals surface area contributed by atoms with E-state index < -0.39 is 0 Å². The Morgan fingerprint density at radius 2 is 1.94 bits per heavy atom. The van der Waals surface area contributed by atoms with E-state index in [1.54, 1.807) is 6.07 Å². The maximum absolute atomic E-state index is 13.2. The topological polar surface area (TPSA) is 50.9 Å². The first-order valence-corrected chi connectivity index (χ1v) is 5.49. The fraction of sp³-hybridized carbons (Fsp3) is 0.308. The van der Waals surface area contributed by atoms with Gasteiger partial charge in [-0.05, 0) is 29.7 Å². The molecule has 0 fully saturated rings. The first-order chi connectivity index (χ1) is 7.91. The van der Waals surface area contributed by atoms with Crippen LogP contribution in [0.5, 0.6) is 0 Å². The number of anilines is 1. The van der Waals surface area contributed by atoms with Crippen molar-refractivity contribution in [3.8, 4) is 0 Å². The summed E-state index contributed by atoms with van der Waals surface area (Å²) in [7, 11) is 0.